The zero-order chi connectivity index (χ0) is 19.7. The lowest BCUT2D eigenvalue weighted by molar-refractivity contribution is -0.133. The van der Waals surface area contributed by atoms with Crippen molar-refractivity contribution in [2.45, 2.75) is 38.0 Å². The van der Waals surface area contributed by atoms with Crippen molar-refractivity contribution in [1.29, 1.82) is 0 Å². The number of nitrogens with zero attached hydrogens (tertiary/aromatic N) is 5. The van der Waals surface area contributed by atoms with Crippen molar-refractivity contribution in [3.8, 4) is 0 Å². The summed E-state index contributed by atoms with van der Waals surface area (Å²) in [5.74, 6) is -0.133. The smallest absolute Gasteiger partial charge is 0.280 e. The van der Waals surface area contributed by atoms with Crippen molar-refractivity contribution in [2.75, 3.05) is 13.1 Å². The van der Waals surface area contributed by atoms with Crippen LogP contribution in [0.2, 0.25) is 0 Å². The molecule has 0 unspecified atom stereocenters. The van der Waals surface area contributed by atoms with Gasteiger partial charge in [-0.05, 0) is 31.4 Å². The second-order valence-corrected chi connectivity index (χ2v) is 7.13. The fraction of sp³-hybridized carbons (Fsp3) is 0.400. The third-order valence-corrected chi connectivity index (χ3v) is 5.34. The maximum Gasteiger partial charge on any atom is 0.280 e. The first-order valence-electron chi connectivity index (χ1n) is 9.37. The van der Waals surface area contributed by atoms with E-state index in [1.807, 2.05) is 42.2 Å². The van der Waals surface area contributed by atoms with Gasteiger partial charge in [0.2, 0.25) is 5.91 Å². The Bertz CT molecular complexity index is 975. The highest BCUT2D eigenvalue weighted by Crippen LogP contribution is 2.30. The number of benzene rings is 1. The average Bonchev–Trinajstić information content (AvgIpc) is 3.21. The predicted molar refractivity (Wildman–Crippen MR) is 99.2 cm³/mol. The van der Waals surface area contributed by atoms with Crippen LogP contribution in [0.25, 0.3) is 5.78 Å². The average molecular weight is 385 g/mol. The van der Waals surface area contributed by atoms with E-state index in [0.29, 0.717) is 18.8 Å². The Morgan fingerprint density at radius 1 is 1.25 bits per heavy atom. The van der Waals surface area contributed by atoms with Crippen molar-refractivity contribution in [1.82, 2.24) is 24.5 Å². The van der Waals surface area contributed by atoms with Crippen LogP contribution in [0.15, 0.2) is 42.7 Å². The fourth-order valence-corrected chi connectivity index (χ4v) is 3.80. The van der Waals surface area contributed by atoms with E-state index in [1.54, 1.807) is 0 Å². The summed E-state index contributed by atoms with van der Waals surface area (Å²) in [6.45, 7) is 3.04. The first-order chi connectivity index (χ1) is 13.5. The number of hydrogen-bond acceptors (Lipinski definition) is 4. The molecule has 4 rings (SSSR count). The highest BCUT2D eigenvalue weighted by molar-refractivity contribution is 5.83. The number of likely N-dealkylation sites (tertiary alicyclic amines) is 1. The van der Waals surface area contributed by atoms with Gasteiger partial charge in [0.15, 0.2) is 0 Å². The molecule has 2 atom stereocenters. The minimum atomic E-state index is -2.68. The number of alkyl halides is 2. The maximum atomic E-state index is 13.4. The van der Waals surface area contributed by atoms with Crippen LogP contribution in [0.3, 0.4) is 0 Å². The molecule has 6 nitrogen and oxygen atoms in total. The Morgan fingerprint density at radius 2 is 2.04 bits per heavy atom. The molecular weight excluding hydrogens is 364 g/mol. The minimum Gasteiger partial charge on any atom is -0.342 e. The van der Waals surface area contributed by atoms with Crippen LogP contribution >= 0.6 is 0 Å². The van der Waals surface area contributed by atoms with Gasteiger partial charge in [0.05, 0.1) is 11.6 Å². The second kappa shape index (κ2) is 7.61. The summed E-state index contributed by atoms with van der Waals surface area (Å²) in [6.07, 6.45) is 0.145. The van der Waals surface area contributed by atoms with Crippen LogP contribution in [0.1, 0.15) is 55.0 Å². The summed E-state index contributed by atoms with van der Waals surface area (Å²) >= 11 is 0. The normalized spacial score (nSPS) is 18.6. The van der Waals surface area contributed by atoms with E-state index in [2.05, 4.69) is 15.1 Å². The number of hydrogen-bond donors (Lipinski definition) is 0. The summed E-state index contributed by atoms with van der Waals surface area (Å²) in [6, 6.07) is 11.0. The van der Waals surface area contributed by atoms with Crippen LogP contribution in [-0.2, 0) is 4.79 Å². The lowest BCUT2D eigenvalue weighted by atomic mass is 9.92. The monoisotopic (exact) mass is 385 g/mol. The summed E-state index contributed by atoms with van der Waals surface area (Å²) in [7, 11) is 0. The van der Waals surface area contributed by atoms with Crippen molar-refractivity contribution < 1.29 is 13.6 Å². The third kappa shape index (κ3) is 3.46. The molecule has 2 aromatic heterocycles. The Balaban J connectivity index is 1.57. The number of amides is 1. The van der Waals surface area contributed by atoms with Gasteiger partial charge in [-0.1, -0.05) is 30.3 Å². The lowest BCUT2D eigenvalue weighted by Gasteiger charge is -2.34. The Hall–Kier alpha value is -2.90. The Morgan fingerprint density at radius 3 is 2.79 bits per heavy atom. The van der Waals surface area contributed by atoms with Crippen LogP contribution in [-0.4, -0.2) is 43.5 Å². The summed E-state index contributed by atoms with van der Waals surface area (Å²) in [5.41, 5.74) is 1.29. The van der Waals surface area contributed by atoms with Gasteiger partial charge >= 0.3 is 0 Å². The molecule has 0 aliphatic carbocycles. The van der Waals surface area contributed by atoms with Gasteiger partial charge in [0, 0.05) is 19.0 Å². The van der Waals surface area contributed by atoms with E-state index >= 15 is 0 Å². The van der Waals surface area contributed by atoms with Gasteiger partial charge < -0.3 is 4.90 Å². The number of rotatable bonds is 4. The van der Waals surface area contributed by atoms with Crippen LogP contribution in [0.5, 0.6) is 0 Å². The topological polar surface area (TPSA) is 63.4 Å². The van der Waals surface area contributed by atoms with Gasteiger partial charge in [0.25, 0.3) is 12.2 Å². The molecule has 0 bridgehead atoms. The molecule has 8 heteroatoms. The molecule has 3 aromatic rings. The third-order valence-electron chi connectivity index (χ3n) is 5.34. The van der Waals surface area contributed by atoms with E-state index in [9.17, 15) is 13.6 Å². The van der Waals surface area contributed by atoms with E-state index < -0.39 is 6.43 Å². The minimum absolute atomic E-state index is 0.0496. The number of aromatic nitrogens is 4. The molecule has 1 aliphatic heterocycles. The SMILES string of the molecule is C[C@H](C(=O)N1CCC[C@H](c2cc(C(F)F)n3ncnc3n2)C1)c1ccccc1. The molecule has 0 saturated carbocycles. The van der Waals surface area contributed by atoms with Gasteiger partial charge in [-0.3, -0.25) is 4.79 Å². The predicted octanol–water partition coefficient (Wildman–Crippen LogP) is 3.57. The molecule has 146 valence electrons. The summed E-state index contributed by atoms with van der Waals surface area (Å²) in [4.78, 5) is 23.2. The van der Waals surface area contributed by atoms with E-state index in [4.69, 9.17) is 0 Å². The van der Waals surface area contributed by atoms with E-state index in [1.165, 1.54) is 12.4 Å². The summed E-state index contributed by atoms with van der Waals surface area (Å²) in [5, 5.41) is 3.82. The lowest BCUT2D eigenvalue weighted by Crippen LogP contribution is -2.41. The zero-order valence-electron chi connectivity index (χ0n) is 15.5. The number of fused-ring (bicyclic) bond motifs is 1. The number of carbonyl (C=O) groups is 1. The van der Waals surface area contributed by atoms with Crippen LogP contribution < -0.4 is 0 Å². The molecular formula is C20H21F2N5O. The molecule has 1 fully saturated rings. The Labute approximate surface area is 161 Å². The quantitative estimate of drug-likeness (QED) is 0.689. The molecule has 1 aromatic carbocycles. The molecule has 1 amide bonds. The van der Waals surface area contributed by atoms with E-state index in [-0.39, 0.29) is 29.2 Å². The number of halogens is 2. The van der Waals surface area contributed by atoms with E-state index in [0.717, 1.165) is 22.9 Å². The van der Waals surface area contributed by atoms with Crippen molar-refractivity contribution in [2.24, 2.45) is 0 Å². The molecule has 0 radical (unpaired) electrons. The molecule has 0 N–H and O–H groups in total. The number of piperidine rings is 1. The standard InChI is InChI=1S/C20H21F2N5O/c1-13(14-6-3-2-4-7-14)19(28)26-9-5-8-15(11-26)16-10-17(18(21)22)27-20(25-16)23-12-24-27/h2-4,6-7,10,12-13,15,18H,5,8-9,11H2,1H3/t13-,15-/m0/s1. The maximum absolute atomic E-state index is 13.4. The highest BCUT2D eigenvalue weighted by Gasteiger charge is 2.30. The van der Waals surface area contributed by atoms with Gasteiger partial charge in [-0.15, -0.1) is 0 Å². The first-order valence-corrected chi connectivity index (χ1v) is 9.37. The van der Waals surface area contributed by atoms with Gasteiger partial charge in [-0.25, -0.2) is 13.8 Å². The molecule has 1 aliphatic rings. The summed E-state index contributed by atoms with van der Waals surface area (Å²) < 4.78 is 27.9. The zero-order valence-corrected chi connectivity index (χ0v) is 15.5. The van der Waals surface area contributed by atoms with Crippen molar-refractivity contribution in [3.63, 3.8) is 0 Å². The Kier molecular flexibility index (Phi) is 5.02. The van der Waals surface area contributed by atoms with Gasteiger partial charge in [0.1, 0.15) is 12.0 Å². The van der Waals surface area contributed by atoms with Crippen LogP contribution in [0.4, 0.5) is 8.78 Å². The van der Waals surface area contributed by atoms with Crippen molar-refractivity contribution >= 4 is 11.7 Å². The largest absolute Gasteiger partial charge is 0.342 e. The molecule has 0 spiro atoms. The van der Waals surface area contributed by atoms with Crippen LogP contribution in [0, 0.1) is 0 Å². The van der Waals surface area contributed by atoms with Crippen molar-refractivity contribution in [3.05, 3.63) is 59.7 Å². The van der Waals surface area contributed by atoms with Gasteiger partial charge in [-0.2, -0.15) is 14.6 Å². The number of carbonyl (C=O) groups excluding carboxylic acids is 1. The molecule has 28 heavy (non-hydrogen) atoms. The molecule has 1 saturated heterocycles. The first kappa shape index (κ1) is 18.5. The molecule has 3 heterocycles. The fourth-order valence-electron chi connectivity index (χ4n) is 3.80. The second-order valence-electron chi connectivity index (χ2n) is 7.13. The highest BCUT2D eigenvalue weighted by atomic mass is 19.3.